The molecule has 2 amide bonds. The number of phenolic OH excluding ortho intramolecular Hbond substituents is 1. The lowest BCUT2D eigenvalue weighted by Crippen LogP contribution is -2.19. The molecule has 2 aromatic rings. The number of hydrogen-bond acceptors (Lipinski definition) is 3. The number of aromatic hydroxyl groups is 1. The first-order valence-electron chi connectivity index (χ1n) is 5.79. The fraction of sp³-hybridized carbons (Fsp3) is 0.0714. The number of ether oxygens (including phenoxy) is 1. The van der Waals surface area contributed by atoms with Gasteiger partial charge in [-0.2, -0.15) is 0 Å². The zero-order valence-corrected chi connectivity index (χ0v) is 11.4. The van der Waals surface area contributed by atoms with Crippen molar-refractivity contribution < 1.29 is 14.6 Å². The van der Waals surface area contributed by atoms with E-state index in [0.717, 1.165) is 0 Å². The van der Waals surface area contributed by atoms with Crippen molar-refractivity contribution in [3.63, 3.8) is 0 Å². The normalized spacial score (nSPS) is 9.90. The number of halogens is 1. The minimum Gasteiger partial charge on any atom is -0.506 e. The Morgan fingerprint density at radius 2 is 1.85 bits per heavy atom. The van der Waals surface area contributed by atoms with Gasteiger partial charge < -0.3 is 20.5 Å². The van der Waals surface area contributed by atoms with Gasteiger partial charge in [-0.1, -0.05) is 17.7 Å². The minimum absolute atomic E-state index is 0.0366. The van der Waals surface area contributed by atoms with Crippen molar-refractivity contribution in [2.75, 3.05) is 17.7 Å². The van der Waals surface area contributed by atoms with Crippen LogP contribution in [0.3, 0.4) is 0 Å². The van der Waals surface area contributed by atoms with E-state index in [0.29, 0.717) is 17.1 Å². The van der Waals surface area contributed by atoms with Crippen LogP contribution in [-0.2, 0) is 0 Å². The van der Waals surface area contributed by atoms with Crippen LogP contribution >= 0.6 is 11.6 Å². The average Bonchev–Trinajstić information content (AvgIpc) is 2.43. The molecule has 0 aromatic heterocycles. The van der Waals surface area contributed by atoms with E-state index in [4.69, 9.17) is 16.3 Å². The molecule has 3 N–H and O–H groups in total. The molecule has 2 rings (SSSR count). The smallest absolute Gasteiger partial charge is 0.323 e. The Balaban J connectivity index is 2.03. The van der Waals surface area contributed by atoms with Gasteiger partial charge in [-0.25, -0.2) is 4.79 Å². The van der Waals surface area contributed by atoms with Crippen LogP contribution < -0.4 is 15.4 Å². The number of urea groups is 1. The van der Waals surface area contributed by atoms with Crippen LogP contribution in [0.4, 0.5) is 16.2 Å². The highest BCUT2D eigenvalue weighted by molar-refractivity contribution is 6.32. The summed E-state index contributed by atoms with van der Waals surface area (Å²) in [6, 6.07) is 11.0. The van der Waals surface area contributed by atoms with Crippen LogP contribution in [0, 0.1) is 0 Å². The Labute approximate surface area is 121 Å². The van der Waals surface area contributed by atoms with Crippen LogP contribution in [0.15, 0.2) is 42.5 Å². The van der Waals surface area contributed by atoms with E-state index < -0.39 is 6.03 Å². The second-order valence-electron chi connectivity index (χ2n) is 3.98. The molecule has 0 saturated heterocycles. The monoisotopic (exact) mass is 292 g/mol. The summed E-state index contributed by atoms with van der Waals surface area (Å²) in [6.45, 7) is 0. The molecule has 0 unspecified atom stereocenters. The van der Waals surface area contributed by atoms with E-state index >= 15 is 0 Å². The quantitative estimate of drug-likeness (QED) is 0.755. The summed E-state index contributed by atoms with van der Waals surface area (Å²) in [4.78, 5) is 11.8. The van der Waals surface area contributed by atoms with Crippen molar-refractivity contribution in [1.29, 1.82) is 0 Å². The number of amides is 2. The van der Waals surface area contributed by atoms with E-state index in [1.54, 1.807) is 37.4 Å². The number of benzene rings is 2. The third kappa shape index (κ3) is 3.55. The standard InChI is InChI=1S/C14H13ClN2O3/c1-20-11-4-2-3-9(7-11)16-14(19)17-10-5-6-13(18)12(15)8-10/h2-8,18H,1H3,(H2,16,17,19). The number of rotatable bonds is 3. The first-order valence-corrected chi connectivity index (χ1v) is 6.17. The summed E-state index contributed by atoms with van der Waals surface area (Å²) in [5.74, 6) is 0.612. The molecule has 0 aliphatic heterocycles. The number of phenols is 1. The average molecular weight is 293 g/mol. The lowest BCUT2D eigenvalue weighted by Gasteiger charge is -2.09. The Bertz CT molecular complexity index is 632. The third-order valence-corrected chi connectivity index (χ3v) is 2.84. The highest BCUT2D eigenvalue weighted by Crippen LogP contribution is 2.26. The maximum absolute atomic E-state index is 11.8. The number of hydrogen-bond donors (Lipinski definition) is 3. The van der Waals surface area contributed by atoms with Gasteiger partial charge in [-0.05, 0) is 30.3 Å². The zero-order valence-electron chi connectivity index (χ0n) is 10.7. The number of anilines is 2. The molecule has 0 atom stereocenters. The van der Waals surface area contributed by atoms with Crippen molar-refractivity contribution in [1.82, 2.24) is 0 Å². The molecule has 0 spiro atoms. The van der Waals surface area contributed by atoms with Gasteiger partial charge in [0.25, 0.3) is 0 Å². The lowest BCUT2D eigenvalue weighted by atomic mass is 10.3. The van der Waals surface area contributed by atoms with Crippen LogP contribution in [0.5, 0.6) is 11.5 Å². The number of nitrogens with one attached hydrogen (secondary N) is 2. The second kappa shape index (κ2) is 6.16. The summed E-state index contributed by atoms with van der Waals surface area (Å²) >= 11 is 5.76. The number of methoxy groups -OCH3 is 1. The van der Waals surface area contributed by atoms with Gasteiger partial charge in [-0.3, -0.25) is 0 Å². The fourth-order valence-corrected chi connectivity index (χ4v) is 1.76. The molecule has 20 heavy (non-hydrogen) atoms. The van der Waals surface area contributed by atoms with Gasteiger partial charge >= 0.3 is 6.03 Å². The maximum Gasteiger partial charge on any atom is 0.323 e. The molecule has 2 aromatic carbocycles. The van der Waals surface area contributed by atoms with Gasteiger partial charge in [0.2, 0.25) is 0 Å². The Kier molecular flexibility index (Phi) is 4.32. The molecule has 0 aliphatic carbocycles. The molecular weight excluding hydrogens is 280 g/mol. The maximum atomic E-state index is 11.8. The van der Waals surface area contributed by atoms with Crippen molar-refractivity contribution in [3.05, 3.63) is 47.5 Å². The predicted molar refractivity (Wildman–Crippen MR) is 78.8 cm³/mol. The van der Waals surface area contributed by atoms with Crippen LogP contribution in [0.2, 0.25) is 5.02 Å². The summed E-state index contributed by atoms with van der Waals surface area (Å²) in [5, 5.41) is 14.7. The van der Waals surface area contributed by atoms with Gasteiger partial charge in [0.1, 0.15) is 11.5 Å². The van der Waals surface area contributed by atoms with Gasteiger partial charge in [-0.15, -0.1) is 0 Å². The molecule has 0 aliphatic rings. The van der Waals surface area contributed by atoms with Crippen LogP contribution in [0.25, 0.3) is 0 Å². The van der Waals surface area contributed by atoms with Gasteiger partial charge in [0.15, 0.2) is 0 Å². The molecule has 0 saturated carbocycles. The molecule has 0 heterocycles. The number of carbonyl (C=O) groups excluding carboxylic acids is 1. The predicted octanol–water partition coefficient (Wildman–Crippen LogP) is 3.70. The molecule has 0 fully saturated rings. The molecule has 0 radical (unpaired) electrons. The van der Waals surface area contributed by atoms with E-state index in [-0.39, 0.29) is 10.8 Å². The minimum atomic E-state index is -0.417. The lowest BCUT2D eigenvalue weighted by molar-refractivity contribution is 0.262. The first-order chi connectivity index (χ1) is 9.58. The van der Waals surface area contributed by atoms with Gasteiger partial charge in [0, 0.05) is 17.4 Å². The molecule has 5 nitrogen and oxygen atoms in total. The third-order valence-electron chi connectivity index (χ3n) is 2.53. The Hall–Kier alpha value is -2.40. The van der Waals surface area contributed by atoms with Crippen molar-refractivity contribution >= 4 is 29.0 Å². The van der Waals surface area contributed by atoms with Gasteiger partial charge in [0.05, 0.1) is 12.1 Å². The Morgan fingerprint density at radius 3 is 2.50 bits per heavy atom. The largest absolute Gasteiger partial charge is 0.506 e. The Morgan fingerprint density at radius 1 is 1.15 bits per heavy atom. The fourth-order valence-electron chi connectivity index (χ4n) is 1.58. The number of carbonyl (C=O) groups is 1. The highest BCUT2D eigenvalue weighted by atomic mass is 35.5. The summed E-state index contributed by atoms with van der Waals surface area (Å²) in [5.41, 5.74) is 1.08. The molecule has 0 bridgehead atoms. The molecular formula is C14H13ClN2O3. The second-order valence-corrected chi connectivity index (χ2v) is 4.38. The summed E-state index contributed by atoms with van der Waals surface area (Å²) < 4.78 is 5.07. The van der Waals surface area contributed by atoms with E-state index in [1.807, 2.05) is 0 Å². The van der Waals surface area contributed by atoms with Crippen LogP contribution in [-0.4, -0.2) is 18.2 Å². The van der Waals surface area contributed by atoms with E-state index in [1.165, 1.54) is 12.1 Å². The zero-order chi connectivity index (χ0) is 14.5. The summed E-state index contributed by atoms with van der Waals surface area (Å²) in [7, 11) is 1.55. The van der Waals surface area contributed by atoms with Crippen molar-refractivity contribution in [3.8, 4) is 11.5 Å². The highest BCUT2D eigenvalue weighted by Gasteiger charge is 2.05. The molecule has 6 heteroatoms. The van der Waals surface area contributed by atoms with E-state index in [2.05, 4.69) is 10.6 Å². The van der Waals surface area contributed by atoms with Crippen LogP contribution in [0.1, 0.15) is 0 Å². The SMILES string of the molecule is COc1cccc(NC(=O)Nc2ccc(O)c(Cl)c2)c1. The first kappa shape index (κ1) is 14.0. The van der Waals surface area contributed by atoms with Crippen molar-refractivity contribution in [2.45, 2.75) is 0 Å². The van der Waals surface area contributed by atoms with E-state index in [9.17, 15) is 9.90 Å². The van der Waals surface area contributed by atoms with Crippen molar-refractivity contribution in [2.24, 2.45) is 0 Å². The topological polar surface area (TPSA) is 70.6 Å². The summed E-state index contributed by atoms with van der Waals surface area (Å²) in [6.07, 6.45) is 0. The molecule has 104 valence electrons.